The average molecular weight is 253 g/mol. The lowest BCUT2D eigenvalue weighted by Crippen LogP contribution is -2.27. The maximum Gasteiger partial charge on any atom is 0.0409 e. The number of benzene rings is 1. The fourth-order valence-electron chi connectivity index (χ4n) is 2.65. The van der Waals surface area contributed by atoms with Gasteiger partial charge in [0.25, 0.3) is 0 Å². The van der Waals surface area contributed by atoms with Crippen LogP contribution < -0.4 is 5.32 Å². The second-order valence-corrected chi connectivity index (χ2v) is 5.37. The lowest BCUT2D eigenvalue weighted by Gasteiger charge is -2.25. The first-order chi connectivity index (χ1) is 8.20. The predicted octanol–water partition coefficient (Wildman–Crippen LogP) is 2.94. The van der Waals surface area contributed by atoms with Crippen LogP contribution >= 0.6 is 11.6 Å². The van der Waals surface area contributed by atoms with Gasteiger partial charge in [0, 0.05) is 17.6 Å². The quantitative estimate of drug-likeness (QED) is 0.887. The van der Waals surface area contributed by atoms with Gasteiger partial charge in [0.1, 0.15) is 0 Å². The molecule has 0 amide bonds. The second kappa shape index (κ2) is 5.85. The molecule has 1 heterocycles. The zero-order chi connectivity index (χ0) is 12.3. The molecule has 2 nitrogen and oxygen atoms in total. The predicted molar refractivity (Wildman–Crippen MR) is 73.5 cm³/mol. The van der Waals surface area contributed by atoms with Crippen LogP contribution in [-0.2, 0) is 0 Å². The molecule has 3 heteroatoms. The Labute approximate surface area is 109 Å². The maximum absolute atomic E-state index is 6.05. The summed E-state index contributed by atoms with van der Waals surface area (Å²) >= 11 is 6.05. The molecule has 1 aromatic carbocycles. The Bertz CT molecular complexity index is 367. The number of rotatable bonds is 4. The SMILES string of the molecule is CNCC1CCN(C(C)c2cccc(Cl)c2)C1. The second-order valence-electron chi connectivity index (χ2n) is 4.94. The first kappa shape index (κ1) is 12.9. The maximum atomic E-state index is 6.05. The molecule has 0 aromatic heterocycles. The van der Waals surface area contributed by atoms with Gasteiger partial charge in [0.2, 0.25) is 0 Å². The topological polar surface area (TPSA) is 15.3 Å². The highest BCUT2D eigenvalue weighted by Gasteiger charge is 2.26. The van der Waals surface area contributed by atoms with Crippen molar-refractivity contribution in [3.05, 3.63) is 34.9 Å². The van der Waals surface area contributed by atoms with Gasteiger partial charge >= 0.3 is 0 Å². The fraction of sp³-hybridized carbons (Fsp3) is 0.571. The minimum absolute atomic E-state index is 0.468. The van der Waals surface area contributed by atoms with Crippen LogP contribution in [0, 0.1) is 5.92 Å². The van der Waals surface area contributed by atoms with Crippen molar-refractivity contribution in [2.75, 3.05) is 26.7 Å². The third-order valence-electron chi connectivity index (χ3n) is 3.69. The van der Waals surface area contributed by atoms with Crippen molar-refractivity contribution in [3.63, 3.8) is 0 Å². The van der Waals surface area contributed by atoms with E-state index in [0.29, 0.717) is 6.04 Å². The van der Waals surface area contributed by atoms with Crippen LogP contribution in [0.5, 0.6) is 0 Å². The van der Waals surface area contributed by atoms with Gasteiger partial charge in [-0.15, -0.1) is 0 Å². The number of halogens is 1. The van der Waals surface area contributed by atoms with E-state index in [0.717, 1.165) is 17.5 Å². The summed E-state index contributed by atoms with van der Waals surface area (Å²) < 4.78 is 0. The van der Waals surface area contributed by atoms with E-state index in [1.165, 1.54) is 25.1 Å². The molecule has 0 bridgehead atoms. The van der Waals surface area contributed by atoms with Gasteiger partial charge in [-0.1, -0.05) is 23.7 Å². The van der Waals surface area contributed by atoms with Crippen molar-refractivity contribution in [3.8, 4) is 0 Å². The zero-order valence-electron chi connectivity index (χ0n) is 10.6. The Balaban J connectivity index is 1.99. The van der Waals surface area contributed by atoms with E-state index in [9.17, 15) is 0 Å². The minimum atomic E-state index is 0.468. The summed E-state index contributed by atoms with van der Waals surface area (Å²) in [5.41, 5.74) is 1.32. The van der Waals surface area contributed by atoms with Gasteiger partial charge in [-0.2, -0.15) is 0 Å². The molecule has 1 aromatic rings. The van der Waals surface area contributed by atoms with E-state index in [2.05, 4.69) is 29.3 Å². The van der Waals surface area contributed by atoms with E-state index in [1.54, 1.807) is 0 Å². The van der Waals surface area contributed by atoms with Gasteiger partial charge in [-0.25, -0.2) is 0 Å². The first-order valence-electron chi connectivity index (χ1n) is 6.35. The van der Waals surface area contributed by atoms with Gasteiger partial charge < -0.3 is 5.32 Å². The molecule has 2 unspecified atom stereocenters. The molecule has 1 aliphatic heterocycles. The van der Waals surface area contributed by atoms with Crippen LogP contribution in [0.25, 0.3) is 0 Å². The van der Waals surface area contributed by atoms with Gasteiger partial charge in [-0.05, 0) is 57.1 Å². The van der Waals surface area contributed by atoms with Crippen LogP contribution in [0.15, 0.2) is 24.3 Å². The van der Waals surface area contributed by atoms with Crippen LogP contribution in [-0.4, -0.2) is 31.6 Å². The highest BCUT2D eigenvalue weighted by Crippen LogP contribution is 2.28. The molecular weight excluding hydrogens is 232 g/mol. The third kappa shape index (κ3) is 3.21. The summed E-state index contributed by atoms with van der Waals surface area (Å²) in [7, 11) is 2.03. The van der Waals surface area contributed by atoms with Crippen LogP contribution in [0.4, 0.5) is 0 Å². The standard InChI is InChI=1S/C14H21ClN2/c1-11(13-4-3-5-14(15)8-13)17-7-6-12(10-17)9-16-2/h3-5,8,11-12,16H,6-7,9-10H2,1-2H3. The van der Waals surface area contributed by atoms with Crippen LogP contribution in [0.3, 0.4) is 0 Å². The van der Waals surface area contributed by atoms with E-state index in [1.807, 2.05) is 19.2 Å². The molecule has 94 valence electrons. The Kier molecular flexibility index (Phi) is 4.43. The molecule has 2 rings (SSSR count). The fourth-order valence-corrected chi connectivity index (χ4v) is 2.85. The number of nitrogens with one attached hydrogen (secondary N) is 1. The molecule has 0 aliphatic carbocycles. The monoisotopic (exact) mass is 252 g/mol. The molecule has 0 saturated carbocycles. The Morgan fingerprint density at radius 2 is 2.35 bits per heavy atom. The summed E-state index contributed by atoms with van der Waals surface area (Å²) in [6, 6.07) is 8.69. The summed E-state index contributed by atoms with van der Waals surface area (Å²) in [6.07, 6.45) is 1.30. The van der Waals surface area contributed by atoms with Crippen molar-refractivity contribution < 1.29 is 0 Å². The van der Waals surface area contributed by atoms with Crippen molar-refractivity contribution in [1.82, 2.24) is 10.2 Å². The highest BCUT2D eigenvalue weighted by atomic mass is 35.5. The Morgan fingerprint density at radius 1 is 1.53 bits per heavy atom. The number of hydrogen-bond acceptors (Lipinski definition) is 2. The first-order valence-corrected chi connectivity index (χ1v) is 6.72. The van der Waals surface area contributed by atoms with Crippen molar-refractivity contribution in [2.45, 2.75) is 19.4 Å². The van der Waals surface area contributed by atoms with Gasteiger partial charge in [0.05, 0.1) is 0 Å². The van der Waals surface area contributed by atoms with Crippen molar-refractivity contribution in [1.29, 1.82) is 0 Å². The Morgan fingerprint density at radius 3 is 3.06 bits per heavy atom. The summed E-state index contributed by atoms with van der Waals surface area (Å²) in [5.74, 6) is 0.793. The normalized spacial score (nSPS) is 22.9. The minimum Gasteiger partial charge on any atom is -0.319 e. The molecule has 0 spiro atoms. The molecule has 0 radical (unpaired) electrons. The van der Waals surface area contributed by atoms with Crippen molar-refractivity contribution in [2.24, 2.45) is 5.92 Å². The van der Waals surface area contributed by atoms with E-state index >= 15 is 0 Å². The highest BCUT2D eigenvalue weighted by molar-refractivity contribution is 6.30. The van der Waals surface area contributed by atoms with Gasteiger partial charge in [0.15, 0.2) is 0 Å². The molecule has 1 aliphatic rings. The number of hydrogen-bond donors (Lipinski definition) is 1. The van der Waals surface area contributed by atoms with E-state index in [-0.39, 0.29) is 0 Å². The zero-order valence-corrected chi connectivity index (χ0v) is 11.4. The number of nitrogens with zero attached hydrogens (tertiary/aromatic N) is 1. The summed E-state index contributed by atoms with van der Waals surface area (Å²) in [5, 5.41) is 4.10. The molecular formula is C14H21ClN2. The van der Waals surface area contributed by atoms with Crippen LogP contribution in [0.2, 0.25) is 5.02 Å². The van der Waals surface area contributed by atoms with Gasteiger partial charge in [-0.3, -0.25) is 4.90 Å². The molecule has 1 N–H and O–H groups in total. The molecule has 17 heavy (non-hydrogen) atoms. The molecule has 2 atom stereocenters. The summed E-state index contributed by atoms with van der Waals surface area (Å²) in [4.78, 5) is 2.55. The third-order valence-corrected chi connectivity index (χ3v) is 3.92. The van der Waals surface area contributed by atoms with E-state index < -0.39 is 0 Å². The largest absolute Gasteiger partial charge is 0.319 e. The lowest BCUT2D eigenvalue weighted by atomic mass is 10.1. The smallest absolute Gasteiger partial charge is 0.0409 e. The average Bonchev–Trinajstić information content (AvgIpc) is 2.77. The Hall–Kier alpha value is -0.570. The van der Waals surface area contributed by atoms with Crippen LogP contribution in [0.1, 0.15) is 24.9 Å². The van der Waals surface area contributed by atoms with E-state index in [4.69, 9.17) is 11.6 Å². The summed E-state index contributed by atoms with van der Waals surface area (Å²) in [6.45, 7) is 5.78. The molecule has 1 fully saturated rings. The molecule has 1 saturated heterocycles. The van der Waals surface area contributed by atoms with Crippen molar-refractivity contribution >= 4 is 11.6 Å². The number of likely N-dealkylation sites (tertiary alicyclic amines) is 1. The lowest BCUT2D eigenvalue weighted by molar-refractivity contribution is 0.252.